The van der Waals surface area contributed by atoms with Crippen molar-refractivity contribution in [3.63, 3.8) is 0 Å². The minimum absolute atomic E-state index is 0.00712. The first-order valence-electron chi connectivity index (χ1n) is 11.5. The molecule has 2 aliphatic heterocycles. The Morgan fingerprint density at radius 1 is 1.26 bits per heavy atom. The van der Waals surface area contributed by atoms with Gasteiger partial charge in [0, 0.05) is 39.2 Å². The summed E-state index contributed by atoms with van der Waals surface area (Å²) in [4.78, 5) is 17.6. The molecule has 4 rings (SSSR count). The number of halogens is 3. The Hall–Kier alpha value is -1.98. The molecule has 7 nitrogen and oxygen atoms in total. The number of hydrogen-bond donors (Lipinski definition) is 2. The SMILES string of the molecule is Cc1cc(C(=O)N(C)C)ccc1CC[SH+](=O)N1CCC2(CC1)NC(C1(C(F)(F)F)CC1)=NC2O. The topological polar surface area (TPSA) is 85.2 Å². The molecule has 1 saturated carbocycles. The number of aliphatic imine (C=N–C) groups is 1. The van der Waals surface area contributed by atoms with Crippen LogP contribution < -0.4 is 5.32 Å². The molecule has 3 aliphatic rings. The van der Waals surface area contributed by atoms with Gasteiger partial charge in [0.05, 0.1) is 5.54 Å². The van der Waals surface area contributed by atoms with Crippen LogP contribution in [0.2, 0.25) is 0 Å². The average molecular weight is 502 g/mol. The largest absolute Gasteiger partial charge is 0.401 e. The van der Waals surface area contributed by atoms with Gasteiger partial charge in [0.1, 0.15) is 28.0 Å². The lowest BCUT2D eigenvalue weighted by atomic mass is 9.87. The van der Waals surface area contributed by atoms with Crippen molar-refractivity contribution >= 4 is 22.7 Å². The maximum Gasteiger partial charge on any atom is 0.401 e. The number of nitrogens with zero attached hydrogens (tertiary/aromatic N) is 3. The number of thiol groups is 1. The molecule has 2 fully saturated rings. The third-order valence-electron chi connectivity index (χ3n) is 7.37. The first-order chi connectivity index (χ1) is 15.9. The molecule has 1 saturated heterocycles. The number of nitrogens with one attached hydrogen (secondary N) is 1. The standard InChI is InChI=1S/C23H31F3N4O3S/c1-15-14-17(18(31)29(2)3)5-4-16(15)6-13-34(33)30-11-9-22(10-12-30)20(32)27-19(28-22)21(7-8-21)23(24,25)26/h4-5,14,20,32H,6-13H2,1-3H3,(H,27,28)/p+1. The summed E-state index contributed by atoms with van der Waals surface area (Å²) in [6.45, 7) is 2.75. The van der Waals surface area contributed by atoms with Crippen LogP contribution in [0.5, 0.6) is 0 Å². The molecule has 34 heavy (non-hydrogen) atoms. The van der Waals surface area contributed by atoms with Gasteiger partial charge < -0.3 is 15.3 Å². The van der Waals surface area contributed by atoms with Crippen molar-refractivity contribution in [1.29, 1.82) is 0 Å². The van der Waals surface area contributed by atoms with Crippen LogP contribution in [0.25, 0.3) is 0 Å². The number of rotatable bonds is 6. The molecule has 2 unspecified atom stereocenters. The molecule has 2 atom stereocenters. The zero-order valence-corrected chi connectivity index (χ0v) is 20.5. The first-order valence-corrected chi connectivity index (χ1v) is 12.9. The highest BCUT2D eigenvalue weighted by Crippen LogP contribution is 2.59. The van der Waals surface area contributed by atoms with Gasteiger partial charge >= 0.3 is 6.18 Å². The lowest BCUT2D eigenvalue weighted by Crippen LogP contribution is -2.58. The number of carbonyl (C=O) groups excluding carboxylic acids is 1. The van der Waals surface area contributed by atoms with E-state index in [2.05, 4.69) is 10.3 Å². The molecule has 2 heterocycles. The maximum absolute atomic E-state index is 13.5. The third kappa shape index (κ3) is 4.49. The molecule has 1 amide bonds. The van der Waals surface area contributed by atoms with Crippen LogP contribution in [0.15, 0.2) is 23.2 Å². The Labute approximate surface area is 200 Å². The van der Waals surface area contributed by atoms with Gasteiger partial charge in [-0.25, -0.2) is 4.99 Å². The molecule has 188 valence electrons. The zero-order chi connectivity index (χ0) is 24.9. The molecule has 0 radical (unpaired) electrons. The number of alkyl halides is 3. The summed E-state index contributed by atoms with van der Waals surface area (Å²) in [5, 5.41) is 13.4. The Morgan fingerprint density at radius 2 is 1.91 bits per heavy atom. The van der Waals surface area contributed by atoms with Crippen LogP contribution in [0, 0.1) is 12.3 Å². The van der Waals surface area contributed by atoms with Gasteiger partial charge in [-0.15, -0.1) is 4.31 Å². The Bertz CT molecular complexity index is 1020. The van der Waals surface area contributed by atoms with E-state index in [0.29, 0.717) is 43.7 Å². The second kappa shape index (κ2) is 8.91. The van der Waals surface area contributed by atoms with Crippen molar-refractivity contribution in [3.8, 4) is 0 Å². The lowest BCUT2D eigenvalue weighted by Gasteiger charge is -2.39. The summed E-state index contributed by atoms with van der Waals surface area (Å²) in [6, 6.07) is 5.51. The minimum atomic E-state index is -4.38. The van der Waals surface area contributed by atoms with Gasteiger partial charge in [0.2, 0.25) is 0 Å². The van der Waals surface area contributed by atoms with E-state index in [0.717, 1.165) is 11.1 Å². The van der Waals surface area contributed by atoms with Crippen LogP contribution in [-0.4, -0.2) is 76.9 Å². The fourth-order valence-corrected chi connectivity index (χ4v) is 6.19. The molecule has 0 aromatic heterocycles. The van der Waals surface area contributed by atoms with E-state index >= 15 is 0 Å². The summed E-state index contributed by atoms with van der Waals surface area (Å²) < 4.78 is 55.2. The fraction of sp³-hybridized carbons (Fsp3) is 0.652. The number of amides is 1. The predicted octanol–water partition coefficient (Wildman–Crippen LogP) is 2.35. The zero-order valence-electron chi connectivity index (χ0n) is 19.7. The fourth-order valence-electron chi connectivity index (χ4n) is 4.83. The number of piperidine rings is 1. The van der Waals surface area contributed by atoms with Gasteiger partial charge in [-0.2, -0.15) is 13.2 Å². The van der Waals surface area contributed by atoms with Crippen molar-refractivity contribution in [2.75, 3.05) is 32.9 Å². The second-order valence-corrected chi connectivity index (χ2v) is 11.5. The van der Waals surface area contributed by atoms with Crippen LogP contribution in [0.4, 0.5) is 13.2 Å². The maximum atomic E-state index is 13.5. The summed E-state index contributed by atoms with van der Waals surface area (Å²) in [6.07, 6.45) is -4.29. The summed E-state index contributed by atoms with van der Waals surface area (Å²) >= 11 is 0. The van der Waals surface area contributed by atoms with Crippen LogP contribution in [-0.2, 0) is 21.6 Å². The van der Waals surface area contributed by atoms with E-state index in [-0.39, 0.29) is 24.6 Å². The number of aliphatic hydroxyl groups is 1. The summed E-state index contributed by atoms with van der Waals surface area (Å²) in [5.74, 6) is 0.233. The molecular formula is C23H32F3N4O3S+. The number of aliphatic hydroxyl groups excluding tert-OH is 1. The monoisotopic (exact) mass is 501 g/mol. The molecule has 2 N–H and O–H groups in total. The van der Waals surface area contributed by atoms with Crippen LogP contribution in [0.3, 0.4) is 0 Å². The highest BCUT2D eigenvalue weighted by atomic mass is 32.2. The molecule has 1 aliphatic carbocycles. The molecule has 0 bridgehead atoms. The molecule has 1 aromatic carbocycles. The van der Waals surface area contributed by atoms with E-state index in [1.165, 1.54) is 4.90 Å². The molecular weight excluding hydrogens is 469 g/mol. The predicted molar refractivity (Wildman–Crippen MR) is 125 cm³/mol. The second-order valence-electron chi connectivity index (χ2n) is 9.83. The van der Waals surface area contributed by atoms with Gasteiger partial charge in [-0.1, -0.05) is 10.3 Å². The Kier molecular flexibility index (Phi) is 6.58. The number of hydrogen-bond acceptors (Lipinski definition) is 5. The van der Waals surface area contributed by atoms with Gasteiger partial charge in [0.15, 0.2) is 6.23 Å². The van der Waals surface area contributed by atoms with E-state index < -0.39 is 34.3 Å². The van der Waals surface area contributed by atoms with Crippen molar-refractivity contribution in [2.24, 2.45) is 10.4 Å². The van der Waals surface area contributed by atoms with Gasteiger partial charge in [0.25, 0.3) is 5.91 Å². The van der Waals surface area contributed by atoms with Gasteiger partial charge in [-0.05, 0) is 55.9 Å². The van der Waals surface area contributed by atoms with Crippen LogP contribution in [0.1, 0.15) is 47.2 Å². The number of carbonyl (C=O) groups is 1. The summed E-state index contributed by atoms with van der Waals surface area (Å²) in [7, 11) is 1.73. The van der Waals surface area contributed by atoms with E-state index in [1.54, 1.807) is 20.2 Å². The smallest absolute Gasteiger partial charge is 0.370 e. The first kappa shape index (κ1) is 25.1. The third-order valence-corrected chi connectivity index (χ3v) is 9.01. The van der Waals surface area contributed by atoms with Crippen molar-refractivity contribution in [2.45, 2.75) is 57.0 Å². The van der Waals surface area contributed by atoms with Gasteiger partial charge in [-0.3, -0.25) is 4.79 Å². The normalized spacial score (nSPS) is 24.4. The number of benzene rings is 1. The van der Waals surface area contributed by atoms with Crippen LogP contribution >= 0.6 is 0 Å². The number of amidine groups is 1. The Balaban J connectivity index is 1.31. The highest BCUT2D eigenvalue weighted by molar-refractivity contribution is 7.82. The molecule has 11 heteroatoms. The number of aryl methyl sites for hydroxylation is 2. The quantitative estimate of drug-likeness (QED) is 0.463. The van der Waals surface area contributed by atoms with Crippen molar-refractivity contribution in [1.82, 2.24) is 14.5 Å². The lowest BCUT2D eigenvalue weighted by molar-refractivity contribution is -0.166. The van der Waals surface area contributed by atoms with E-state index in [4.69, 9.17) is 0 Å². The molecule has 1 spiro atoms. The summed E-state index contributed by atoms with van der Waals surface area (Å²) in [5.41, 5.74) is -0.256. The van der Waals surface area contributed by atoms with E-state index in [1.807, 2.05) is 23.4 Å². The van der Waals surface area contributed by atoms with Crippen molar-refractivity contribution < 1.29 is 27.3 Å². The van der Waals surface area contributed by atoms with E-state index in [9.17, 15) is 27.3 Å². The Morgan fingerprint density at radius 3 is 2.44 bits per heavy atom. The van der Waals surface area contributed by atoms with Crippen molar-refractivity contribution in [3.05, 3.63) is 34.9 Å². The molecule has 1 aromatic rings. The minimum Gasteiger partial charge on any atom is -0.370 e. The highest BCUT2D eigenvalue weighted by Gasteiger charge is 2.69. The average Bonchev–Trinajstić information content (AvgIpc) is 3.54.